The van der Waals surface area contributed by atoms with Crippen LogP contribution in [-0.2, 0) is 14.6 Å². The van der Waals surface area contributed by atoms with Crippen LogP contribution in [0.5, 0.6) is 0 Å². The van der Waals surface area contributed by atoms with Crippen molar-refractivity contribution in [3.05, 3.63) is 0 Å². The summed E-state index contributed by atoms with van der Waals surface area (Å²) in [5.41, 5.74) is 5.39. The van der Waals surface area contributed by atoms with Crippen LogP contribution in [0, 0.1) is 0 Å². The van der Waals surface area contributed by atoms with E-state index in [9.17, 15) is 8.42 Å². The van der Waals surface area contributed by atoms with Gasteiger partial charge in [-0.3, -0.25) is 0 Å². The average Bonchev–Trinajstić information content (AvgIpc) is 1.85. The second kappa shape index (κ2) is 4.79. The predicted octanol–water partition coefficient (Wildman–Crippen LogP) is -0.217. The van der Waals surface area contributed by atoms with E-state index in [2.05, 4.69) is 0 Å². The van der Waals surface area contributed by atoms with Gasteiger partial charge in [0.25, 0.3) is 0 Å². The normalized spacial score (nSPS) is 17.3. The molecule has 0 aliphatic heterocycles. The first-order chi connectivity index (χ1) is 5.40. The van der Waals surface area contributed by atoms with Gasteiger partial charge in [-0.1, -0.05) is 0 Å². The molecule has 0 saturated heterocycles. The van der Waals surface area contributed by atoms with E-state index in [0.29, 0.717) is 0 Å². The lowest BCUT2D eigenvalue weighted by molar-refractivity contribution is 0.200. The summed E-state index contributed by atoms with van der Waals surface area (Å²) < 4.78 is 27.5. The van der Waals surface area contributed by atoms with Gasteiger partial charge in [-0.2, -0.15) is 0 Å². The summed E-state index contributed by atoms with van der Waals surface area (Å²) in [6.45, 7) is 3.54. The van der Waals surface area contributed by atoms with E-state index in [1.807, 2.05) is 0 Å². The van der Waals surface area contributed by atoms with Gasteiger partial charge in [-0.05, 0) is 13.8 Å². The third-order valence-corrected chi connectivity index (χ3v) is 3.86. The monoisotopic (exact) mass is 195 g/mol. The molecule has 0 spiro atoms. The van der Waals surface area contributed by atoms with Crippen LogP contribution in [0.2, 0.25) is 0 Å². The van der Waals surface area contributed by atoms with Crippen LogP contribution in [0.1, 0.15) is 13.8 Å². The highest BCUT2D eigenvalue weighted by Crippen LogP contribution is 2.03. The smallest absolute Gasteiger partial charge is 0.156 e. The molecule has 2 atom stereocenters. The summed E-state index contributed by atoms with van der Waals surface area (Å²) in [5.74, 6) is 0.0253. The Morgan fingerprint density at radius 1 is 1.42 bits per heavy atom. The summed E-state index contributed by atoms with van der Waals surface area (Å²) in [7, 11) is -1.59. The number of rotatable bonds is 5. The Labute approximate surface area is 74.0 Å². The zero-order valence-corrected chi connectivity index (χ0v) is 8.60. The molecule has 2 N–H and O–H groups in total. The summed E-state index contributed by atoms with van der Waals surface area (Å²) >= 11 is 0. The molecule has 0 fully saturated rings. The van der Waals surface area contributed by atoms with E-state index >= 15 is 0 Å². The van der Waals surface area contributed by atoms with Crippen molar-refractivity contribution in [1.82, 2.24) is 0 Å². The number of ether oxygens (including phenoxy) is 1. The molecule has 2 unspecified atom stereocenters. The first kappa shape index (κ1) is 11.9. The maximum atomic E-state index is 11.4. The molecule has 0 amide bonds. The van der Waals surface area contributed by atoms with E-state index < -0.39 is 15.1 Å². The Balaban J connectivity index is 4.20. The predicted molar refractivity (Wildman–Crippen MR) is 48.8 cm³/mol. The zero-order valence-electron chi connectivity index (χ0n) is 7.78. The summed E-state index contributed by atoms with van der Waals surface area (Å²) in [6, 6.07) is -0.311. The summed E-state index contributed by atoms with van der Waals surface area (Å²) in [6.07, 6.45) is 0. The van der Waals surface area contributed by atoms with E-state index in [1.165, 1.54) is 7.11 Å². The number of sulfone groups is 1. The third-order valence-electron chi connectivity index (χ3n) is 1.51. The highest BCUT2D eigenvalue weighted by Gasteiger charge is 2.21. The van der Waals surface area contributed by atoms with Crippen molar-refractivity contribution in [2.45, 2.75) is 25.1 Å². The molecule has 12 heavy (non-hydrogen) atoms. The molecule has 0 radical (unpaired) electrons. The van der Waals surface area contributed by atoms with Crippen LogP contribution in [0.25, 0.3) is 0 Å². The Hall–Kier alpha value is -0.130. The van der Waals surface area contributed by atoms with Crippen LogP contribution in [0.4, 0.5) is 0 Å². The Kier molecular flexibility index (Phi) is 4.74. The molecule has 74 valence electrons. The molecule has 0 heterocycles. The van der Waals surface area contributed by atoms with Gasteiger partial charge in [0.05, 0.1) is 17.6 Å². The first-order valence-electron chi connectivity index (χ1n) is 3.86. The maximum absolute atomic E-state index is 11.4. The lowest BCUT2D eigenvalue weighted by Gasteiger charge is -2.13. The van der Waals surface area contributed by atoms with Gasteiger partial charge in [0, 0.05) is 13.2 Å². The fraction of sp³-hybridized carbons (Fsp3) is 1.00. The molecule has 0 aliphatic carbocycles. The highest BCUT2D eigenvalue weighted by atomic mass is 32.2. The summed E-state index contributed by atoms with van der Waals surface area (Å²) in [5, 5.41) is -0.464. The topological polar surface area (TPSA) is 69.4 Å². The second-order valence-corrected chi connectivity index (χ2v) is 5.54. The average molecular weight is 195 g/mol. The van der Waals surface area contributed by atoms with Crippen molar-refractivity contribution in [1.29, 1.82) is 0 Å². The SMILES string of the molecule is COCC(C)S(=O)(=O)CC(C)N. The zero-order chi connectivity index (χ0) is 9.78. The standard InChI is InChI=1S/C7H17NO3S/c1-6(8)5-12(9,10)7(2)4-11-3/h6-7H,4-5,8H2,1-3H3. The lowest BCUT2D eigenvalue weighted by Crippen LogP contribution is -2.33. The van der Waals surface area contributed by atoms with Gasteiger partial charge in [0.2, 0.25) is 0 Å². The van der Waals surface area contributed by atoms with Crippen LogP contribution in [0.3, 0.4) is 0 Å². The maximum Gasteiger partial charge on any atom is 0.156 e. The van der Waals surface area contributed by atoms with Gasteiger partial charge in [0.15, 0.2) is 9.84 Å². The summed E-state index contributed by atoms with van der Waals surface area (Å²) in [4.78, 5) is 0. The molecule has 0 aromatic heterocycles. The largest absolute Gasteiger partial charge is 0.383 e. The van der Waals surface area contributed by atoms with Crippen molar-refractivity contribution >= 4 is 9.84 Å². The van der Waals surface area contributed by atoms with Gasteiger partial charge < -0.3 is 10.5 Å². The van der Waals surface area contributed by atoms with E-state index in [1.54, 1.807) is 13.8 Å². The van der Waals surface area contributed by atoms with Gasteiger partial charge >= 0.3 is 0 Å². The van der Waals surface area contributed by atoms with E-state index in [-0.39, 0.29) is 18.4 Å². The quantitative estimate of drug-likeness (QED) is 0.658. The second-order valence-electron chi connectivity index (χ2n) is 3.07. The van der Waals surface area contributed by atoms with Gasteiger partial charge in [-0.15, -0.1) is 0 Å². The molecule has 0 aromatic carbocycles. The minimum atomic E-state index is -3.07. The molecular formula is C7H17NO3S. The number of methoxy groups -OCH3 is 1. The van der Waals surface area contributed by atoms with Crippen molar-refractivity contribution in [2.24, 2.45) is 5.73 Å². The van der Waals surface area contributed by atoms with Gasteiger partial charge in [-0.25, -0.2) is 8.42 Å². The van der Waals surface area contributed by atoms with Gasteiger partial charge in [0.1, 0.15) is 0 Å². The lowest BCUT2D eigenvalue weighted by atomic mass is 10.4. The molecule has 0 saturated carbocycles. The molecule has 4 nitrogen and oxygen atoms in total. The van der Waals surface area contributed by atoms with E-state index in [4.69, 9.17) is 10.5 Å². The molecule has 0 bridgehead atoms. The van der Waals surface area contributed by atoms with Crippen molar-refractivity contribution < 1.29 is 13.2 Å². The Morgan fingerprint density at radius 3 is 2.25 bits per heavy atom. The van der Waals surface area contributed by atoms with E-state index in [0.717, 1.165) is 0 Å². The van der Waals surface area contributed by atoms with Crippen LogP contribution in [-0.4, -0.2) is 39.2 Å². The van der Waals surface area contributed by atoms with Crippen LogP contribution >= 0.6 is 0 Å². The van der Waals surface area contributed by atoms with Crippen LogP contribution in [0.15, 0.2) is 0 Å². The molecular weight excluding hydrogens is 178 g/mol. The minimum absolute atomic E-state index is 0.0253. The fourth-order valence-corrected chi connectivity index (χ4v) is 2.27. The number of hydrogen-bond donors (Lipinski definition) is 1. The number of hydrogen-bond acceptors (Lipinski definition) is 4. The minimum Gasteiger partial charge on any atom is -0.383 e. The molecule has 0 aliphatic rings. The third kappa shape index (κ3) is 4.04. The highest BCUT2D eigenvalue weighted by molar-refractivity contribution is 7.92. The van der Waals surface area contributed by atoms with Crippen molar-refractivity contribution in [2.75, 3.05) is 19.5 Å². The van der Waals surface area contributed by atoms with Crippen molar-refractivity contribution in [3.8, 4) is 0 Å². The molecule has 0 rings (SSSR count). The fourth-order valence-electron chi connectivity index (χ4n) is 0.869. The number of nitrogens with two attached hydrogens (primary N) is 1. The Bertz CT molecular complexity index is 211. The van der Waals surface area contributed by atoms with Crippen LogP contribution < -0.4 is 5.73 Å². The Morgan fingerprint density at radius 2 is 1.92 bits per heavy atom. The molecule has 5 heteroatoms. The first-order valence-corrected chi connectivity index (χ1v) is 5.57. The van der Waals surface area contributed by atoms with Crippen molar-refractivity contribution in [3.63, 3.8) is 0 Å². The molecule has 0 aromatic rings.